The summed E-state index contributed by atoms with van der Waals surface area (Å²) >= 11 is 0. The highest BCUT2D eigenvalue weighted by Gasteiger charge is 2.36. The van der Waals surface area contributed by atoms with Crippen LogP contribution in [0.15, 0.2) is 71.6 Å². The Kier molecular flexibility index (Phi) is 5.56. The lowest BCUT2D eigenvalue weighted by molar-refractivity contribution is 0.424. The molecule has 3 aromatic rings. The molecular formula is C25H28O4S. The SMILES string of the molecule is Cc1c(C(C)(C)c2ccccc2)cc(S(=O)(=O)O)c(O)c1C(C)(C)c1ccccc1. The Morgan fingerprint density at radius 3 is 1.63 bits per heavy atom. The predicted molar refractivity (Wildman–Crippen MR) is 120 cm³/mol. The van der Waals surface area contributed by atoms with Crippen molar-refractivity contribution in [3.05, 3.63) is 94.5 Å². The molecule has 0 saturated carbocycles. The van der Waals surface area contributed by atoms with Gasteiger partial charge in [-0.15, -0.1) is 0 Å². The van der Waals surface area contributed by atoms with Crippen molar-refractivity contribution in [1.29, 1.82) is 0 Å². The zero-order valence-electron chi connectivity index (χ0n) is 18.0. The van der Waals surface area contributed by atoms with E-state index >= 15 is 0 Å². The van der Waals surface area contributed by atoms with Crippen molar-refractivity contribution in [2.75, 3.05) is 0 Å². The van der Waals surface area contributed by atoms with Crippen molar-refractivity contribution < 1.29 is 18.1 Å². The van der Waals surface area contributed by atoms with E-state index in [4.69, 9.17) is 0 Å². The molecule has 5 heteroatoms. The van der Waals surface area contributed by atoms with Crippen LogP contribution < -0.4 is 0 Å². The molecule has 0 atom stereocenters. The fourth-order valence-electron chi connectivity index (χ4n) is 4.36. The van der Waals surface area contributed by atoms with Crippen LogP contribution in [0.2, 0.25) is 0 Å². The molecule has 3 rings (SSSR count). The lowest BCUT2D eigenvalue weighted by Crippen LogP contribution is -2.26. The van der Waals surface area contributed by atoms with Gasteiger partial charge in [0.1, 0.15) is 10.6 Å². The monoisotopic (exact) mass is 424 g/mol. The second kappa shape index (κ2) is 7.56. The molecule has 0 saturated heterocycles. The minimum atomic E-state index is -4.63. The van der Waals surface area contributed by atoms with Gasteiger partial charge in [-0.05, 0) is 35.2 Å². The van der Waals surface area contributed by atoms with Crippen LogP contribution in [0.25, 0.3) is 0 Å². The highest BCUT2D eigenvalue weighted by atomic mass is 32.2. The van der Waals surface area contributed by atoms with E-state index in [-0.39, 0.29) is 0 Å². The summed E-state index contributed by atoms with van der Waals surface area (Å²) in [5.41, 5.74) is 2.70. The van der Waals surface area contributed by atoms with Gasteiger partial charge in [0.05, 0.1) is 0 Å². The topological polar surface area (TPSA) is 74.6 Å². The van der Waals surface area contributed by atoms with Crippen molar-refractivity contribution in [1.82, 2.24) is 0 Å². The quantitative estimate of drug-likeness (QED) is 0.523. The van der Waals surface area contributed by atoms with E-state index in [2.05, 4.69) is 0 Å². The number of phenols is 1. The average Bonchev–Trinajstić information content (AvgIpc) is 2.68. The summed E-state index contributed by atoms with van der Waals surface area (Å²) in [4.78, 5) is -0.467. The Labute approximate surface area is 179 Å². The number of hydrogen-bond donors (Lipinski definition) is 2. The summed E-state index contributed by atoms with van der Waals surface area (Å²) in [6.07, 6.45) is 0. The Balaban J connectivity index is 2.41. The van der Waals surface area contributed by atoms with Crippen LogP contribution in [-0.2, 0) is 20.9 Å². The second-order valence-corrected chi connectivity index (χ2v) is 10.1. The summed E-state index contributed by atoms with van der Waals surface area (Å²) in [6.45, 7) is 9.80. The standard InChI is InChI=1S/C25H28O4S/c1-17-20(24(2,3)18-12-8-6-9-13-18)16-21(30(27,28)29)23(26)22(17)25(4,5)19-14-10-7-11-15-19/h6-16,26H,1-5H3,(H,27,28,29). The highest BCUT2D eigenvalue weighted by Crippen LogP contribution is 2.46. The fraction of sp³-hybridized carbons (Fsp3) is 0.280. The van der Waals surface area contributed by atoms with Crippen LogP contribution in [0.4, 0.5) is 0 Å². The van der Waals surface area contributed by atoms with Crippen molar-refractivity contribution in [3.63, 3.8) is 0 Å². The van der Waals surface area contributed by atoms with Gasteiger partial charge < -0.3 is 5.11 Å². The molecule has 4 nitrogen and oxygen atoms in total. The third kappa shape index (κ3) is 3.75. The molecule has 3 aromatic carbocycles. The highest BCUT2D eigenvalue weighted by molar-refractivity contribution is 7.86. The zero-order chi connectivity index (χ0) is 22.3. The minimum Gasteiger partial charge on any atom is -0.506 e. The third-order valence-electron chi connectivity index (χ3n) is 6.09. The van der Waals surface area contributed by atoms with Crippen LogP contribution in [0.3, 0.4) is 0 Å². The first-order valence-electron chi connectivity index (χ1n) is 9.84. The van der Waals surface area contributed by atoms with E-state index in [1.807, 2.05) is 95.3 Å². The fourth-order valence-corrected chi connectivity index (χ4v) is 4.98. The van der Waals surface area contributed by atoms with Crippen LogP contribution in [-0.4, -0.2) is 18.1 Å². The maximum Gasteiger partial charge on any atom is 0.298 e. The first-order valence-corrected chi connectivity index (χ1v) is 11.3. The van der Waals surface area contributed by atoms with E-state index < -0.39 is 31.6 Å². The molecule has 0 fully saturated rings. The Morgan fingerprint density at radius 1 is 0.767 bits per heavy atom. The minimum absolute atomic E-state index is 0.406. The van der Waals surface area contributed by atoms with Gasteiger partial charge in [-0.1, -0.05) is 88.4 Å². The molecule has 30 heavy (non-hydrogen) atoms. The average molecular weight is 425 g/mol. The Morgan fingerprint density at radius 2 is 1.20 bits per heavy atom. The van der Waals surface area contributed by atoms with E-state index in [1.54, 1.807) is 0 Å². The first-order chi connectivity index (χ1) is 13.9. The molecule has 0 amide bonds. The van der Waals surface area contributed by atoms with Gasteiger partial charge >= 0.3 is 0 Å². The van der Waals surface area contributed by atoms with Crippen LogP contribution in [0.5, 0.6) is 5.75 Å². The van der Waals surface area contributed by atoms with Crippen molar-refractivity contribution in [2.45, 2.75) is 50.3 Å². The molecule has 0 unspecified atom stereocenters. The van der Waals surface area contributed by atoms with E-state index in [1.165, 1.54) is 6.07 Å². The van der Waals surface area contributed by atoms with Gasteiger partial charge in [0, 0.05) is 16.4 Å². The molecule has 0 bridgehead atoms. The van der Waals surface area contributed by atoms with E-state index in [0.717, 1.165) is 22.3 Å². The molecular weight excluding hydrogens is 396 g/mol. The molecule has 0 aliphatic heterocycles. The molecule has 0 heterocycles. The molecule has 0 aromatic heterocycles. The number of benzene rings is 3. The first kappa shape index (κ1) is 22.1. The smallest absolute Gasteiger partial charge is 0.298 e. The normalized spacial score (nSPS) is 12.7. The predicted octanol–water partition coefficient (Wildman–Crippen LogP) is 5.60. The molecule has 158 valence electrons. The number of rotatable bonds is 5. The lowest BCUT2D eigenvalue weighted by atomic mass is 9.70. The maximum absolute atomic E-state index is 12.2. The maximum atomic E-state index is 12.2. The van der Waals surface area contributed by atoms with Crippen LogP contribution in [0.1, 0.15) is 55.5 Å². The molecule has 0 aliphatic rings. The number of phenolic OH excluding ortho intramolecular Hbond substituents is 1. The van der Waals surface area contributed by atoms with Gasteiger partial charge in [-0.3, -0.25) is 4.55 Å². The molecule has 0 aliphatic carbocycles. The van der Waals surface area contributed by atoms with Crippen LogP contribution in [0, 0.1) is 6.92 Å². The Hall–Kier alpha value is -2.63. The van der Waals surface area contributed by atoms with Crippen molar-refractivity contribution in [3.8, 4) is 5.75 Å². The Bertz CT molecular complexity index is 1160. The molecule has 0 radical (unpaired) electrons. The summed E-state index contributed by atoms with van der Waals surface area (Å²) in [5, 5.41) is 11.0. The lowest BCUT2D eigenvalue weighted by Gasteiger charge is -2.35. The van der Waals surface area contributed by atoms with Gasteiger partial charge in [0.2, 0.25) is 0 Å². The zero-order valence-corrected chi connectivity index (χ0v) is 18.8. The largest absolute Gasteiger partial charge is 0.506 e. The second-order valence-electron chi connectivity index (χ2n) is 8.73. The third-order valence-corrected chi connectivity index (χ3v) is 6.96. The van der Waals surface area contributed by atoms with Gasteiger partial charge in [-0.25, -0.2) is 0 Å². The van der Waals surface area contributed by atoms with Gasteiger partial charge in [0.25, 0.3) is 10.1 Å². The summed E-state index contributed by atoms with van der Waals surface area (Å²) < 4.78 is 34.3. The van der Waals surface area contributed by atoms with Gasteiger partial charge in [-0.2, -0.15) is 8.42 Å². The summed E-state index contributed by atoms with van der Waals surface area (Å²) in [5.74, 6) is -0.406. The van der Waals surface area contributed by atoms with Crippen LogP contribution >= 0.6 is 0 Å². The van der Waals surface area contributed by atoms with Crippen molar-refractivity contribution >= 4 is 10.1 Å². The van der Waals surface area contributed by atoms with Gasteiger partial charge in [0.15, 0.2) is 0 Å². The summed E-state index contributed by atoms with van der Waals surface area (Å²) in [7, 11) is -4.63. The summed E-state index contributed by atoms with van der Waals surface area (Å²) in [6, 6.07) is 20.8. The van der Waals surface area contributed by atoms with Crippen molar-refractivity contribution in [2.24, 2.45) is 0 Å². The number of hydrogen-bond acceptors (Lipinski definition) is 3. The van der Waals surface area contributed by atoms with E-state index in [9.17, 15) is 18.1 Å². The molecule has 0 spiro atoms. The van der Waals surface area contributed by atoms with E-state index in [0.29, 0.717) is 5.56 Å². The number of aromatic hydroxyl groups is 1. The molecule has 2 N–H and O–H groups in total.